The van der Waals surface area contributed by atoms with Crippen LogP contribution in [-0.4, -0.2) is 31.1 Å². The number of pyridine rings is 1. The molecular formula is C24H41BrN2O2. The molecule has 1 aromatic rings. The molecule has 2 heterocycles. The van der Waals surface area contributed by atoms with Gasteiger partial charge in [0.1, 0.15) is 6.54 Å². The molecule has 1 aliphatic heterocycles. The van der Waals surface area contributed by atoms with Gasteiger partial charge in [-0.3, -0.25) is 9.69 Å². The van der Waals surface area contributed by atoms with E-state index in [9.17, 15) is 4.79 Å². The number of rotatable bonds is 14. The maximum Gasteiger partial charge on any atom is 0.302 e. The van der Waals surface area contributed by atoms with E-state index in [1.54, 1.807) is 0 Å². The fourth-order valence-corrected chi connectivity index (χ4v) is 4.24. The van der Waals surface area contributed by atoms with E-state index in [0.717, 1.165) is 13.0 Å². The van der Waals surface area contributed by atoms with Gasteiger partial charge in [0.2, 0.25) is 0 Å². The number of likely N-dealkylation sites (tertiary alicyclic amines) is 1. The van der Waals surface area contributed by atoms with Crippen molar-refractivity contribution in [1.82, 2.24) is 4.90 Å². The molecule has 166 valence electrons. The third-order valence-corrected chi connectivity index (χ3v) is 5.90. The first-order chi connectivity index (χ1) is 13.7. The Bertz CT molecular complexity index is 568. The van der Waals surface area contributed by atoms with Gasteiger partial charge in [-0.1, -0.05) is 44.9 Å². The number of halogens is 1. The van der Waals surface area contributed by atoms with Crippen LogP contribution in [0.25, 0.3) is 0 Å². The molecule has 1 aliphatic rings. The normalized spacial score (nSPS) is 16.6. The molecule has 0 aromatic carbocycles. The van der Waals surface area contributed by atoms with Crippen LogP contribution in [0.3, 0.4) is 0 Å². The Kier molecular flexibility index (Phi) is 14.3. The second kappa shape index (κ2) is 15.8. The summed E-state index contributed by atoms with van der Waals surface area (Å²) < 4.78 is 7.34. The monoisotopic (exact) mass is 468 g/mol. The predicted molar refractivity (Wildman–Crippen MR) is 114 cm³/mol. The van der Waals surface area contributed by atoms with E-state index in [-0.39, 0.29) is 23.0 Å². The topological polar surface area (TPSA) is 33.4 Å². The van der Waals surface area contributed by atoms with E-state index in [1.165, 1.54) is 89.7 Å². The molecule has 0 radical (unpaired) electrons. The molecule has 0 aliphatic carbocycles. The second-order valence-electron chi connectivity index (χ2n) is 8.39. The SMILES string of the molecule is CC(=O)OCCCCCCCCCCCC[n+]1cccc(C2CCCN2C)c1.[Br-]. The largest absolute Gasteiger partial charge is 1.00 e. The molecule has 5 heteroatoms. The summed E-state index contributed by atoms with van der Waals surface area (Å²) >= 11 is 0. The summed E-state index contributed by atoms with van der Waals surface area (Å²) in [6, 6.07) is 5.13. The zero-order chi connectivity index (χ0) is 20.0. The highest BCUT2D eigenvalue weighted by Gasteiger charge is 2.24. The van der Waals surface area contributed by atoms with Gasteiger partial charge in [-0.05, 0) is 45.3 Å². The van der Waals surface area contributed by atoms with Crippen LogP contribution in [0.5, 0.6) is 0 Å². The Morgan fingerprint density at radius 1 is 1.07 bits per heavy atom. The maximum absolute atomic E-state index is 10.7. The highest BCUT2D eigenvalue weighted by Crippen LogP contribution is 2.29. The third-order valence-electron chi connectivity index (χ3n) is 5.90. The molecular weight excluding hydrogens is 428 g/mol. The molecule has 1 unspecified atom stereocenters. The summed E-state index contributed by atoms with van der Waals surface area (Å²) in [7, 11) is 2.25. The second-order valence-corrected chi connectivity index (χ2v) is 8.39. The molecule has 0 saturated carbocycles. The van der Waals surface area contributed by atoms with E-state index in [1.807, 2.05) is 0 Å². The molecule has 1 aromatic heterocycles. The molecule has 0 N–H and O–H groups in total. The highest BCUT2D eigenvalue weighted by molar-refractivity contribution is 5.65. The van der Waals surface area contributed by atoms with Crippen LogP contribution in [-0.2, 0) is 16.1 Å². The van der Waals surface area contributed by atoms with Crippen molar-refractivity contribution >= 4 is 5.97 Å². The maximum atomic E-state index is 10.7. The minimum Gasteiger partial charge on any atom is -1.00 e. The van der Waals surface area contributed by atoms with Crippen LogP contribution in [0.4, 0.5) is 0 Å². The quantitative estimate of drug-likeness (QED) is 0.238. The summed E-state index contributed by atoms with van der Waals surface area (Å²) in [6.07, 6.45) is 20.0. The van der Waals surface area contributed by atoms with Crippen molar-refractivity contribution in [2.24, 2.45) is 0 Å². The van der Waals surface area contributed by atoms with Crippen molar-refractivity contribution in [3.05, 3.63) is 30.1 Å². The summed E-state index contributed by atoms with van der Waals surface area (Å²) in [6.45, 7) is 4.44. The Morgan fingerprint density at radius 3 is 2.28 bits per heavy atom. The molecule has 0 spiro atoms. The van der Waals surface area contributed by atoms with Gasteiger partial charge in [0.05, 0.1) is 6.61 Å². The zero-order valence-corrected chi connectivity index (χ0v) is 20.2. The average Bonchev–Trinajstić information content (AvgIpc) is 3.11. The fourth-order valence-electron chi connectivity index (χ4n) is 4.24. The van der Waals surface area contributed by atoms with Crippen LogP contribution >= 0.6 is 0 Å². The molecule has 1 saturated heterocycles. The number of nitrogens with zero attached hydrogens (tertiary/aromatic N) is 2. The van der Waals surface area contributed by atoms with Crippen molar-refractivity contribution < 1.29 is 31.1 Å². The predicted octanol–water partition coefficient (Wildman–Crippen LogP) is 2.21. The first kappa shape index (κ1) is 26.1. The number of aryl methyl sites for hydroxylation is 1. The van der Waals surface area contributed by atoms with Gasteiger partial charge in [0.15, 0.2) is 12.4 Å². The van der Waals surface area contributed by atoms with Gasteiger partial charge in [0.25, 0.3) is 0 Å². The van der Waals surface area contributed by atoms with Crippen molar-refractivity contribution in [3.63, 3.8) is 0 Å². The molecule has 2 rings (SSSR count). The number of esters is 1. The van der Waals surface area contributed by atoms with Crippen molar-refractivity contribution in [2.45, 2.75) is 96.6 Å². The summed E-state index contributed by atoms with van der Waals surface area (Å²) in [5.74, 6) is -0.160. The van der Waals surface area contributed by atoms with E-state index < -0.39 is 0 Å². The number of carbonyl (C=O) groups is 1. The molecule has 0 amide bonds. The number of ether oxygens (including phenoxy) is 1. The smallest absolute Gasteiger partial charge is 0.302 e. The molecule has 0 bridgehead atoms. The summed E-state index contributed by atoms with van der Waals surface area (Å²) in [5, 5.41) is 0. The van der Waals surface area contributed by atoms with Gasteiger partial charge in [-0.2, -0.15) is 0 Å². The van der Waals surface area contributed by atoms with E-state index in [0.29, 0.717) is 12.6 Å². The van der Waals surface area contributed by atoms with Crippen LogP contribution in [0.15, 0.2) is 24.5 Å². The van der Waals surface area contributed by atoms with Crippen LogP contribution in [0.2, 0.25) is 0 Å². The lowest BCUT2D eigenvalue weighted by Crippen LogP contribution is -3.00. The zero-order valence-electron chi connectivity index (χ0n) is 18.6. The molecule has 4 nitrogen and oxygen atoms in total. The number of aromatic nitrogens is 1. The number of hydrogen-bond acceptors (Lipinski definition) is 3. The molecule has 1 atom stereocenters. The van der Waals surface area contributed by atoms with Gasteiger partial charge in [-0.25, -0.2) is 4.57 Å². The first-order valence-electron chi connectivity index (χ1n) is 11.5. The van der Waals surface area contributed by atoms with E-state index >= 15 is 0 Å². The Morgan fingerprint density at radius 2 is 1.69 bits per heavy atom. The van der Waals surface area contributed by atoms with Crippen molar-refractivity contribution in [2.75, 3.05) is 20.2 Å². The Labute approximate surface area is 188 Å². The minimum atomic E-state index is -0.160. The molecule has 1 fully saturated rings. The molecule has 29 heavy (non-hydrogen) atoms. The lowest BCUT2D eigenvalue weighted by Gasteiger charge is -2.18. The van der Waals surface area contributed by atoms with Crippen LogP contribution < -0.4 is 21.5 Å². The van der Waals surface area contributed by atoms with E-state index in [4.69, 9.17) is 4.74 Å². The lowest BCUT2D eigenvalue weighted by molar-refractivity contribution is -0.697. The third kappa shape index (κ3) is 11.1. The number of carbonyl (C=O) groups excluding carboxylic acids is 1. The van der Waals surface area contributed by atoms with Gasteiger partial charge in [-0.15, -0.1) is 0 Å². The Balaban J connectivity index is 0.00000420. The van der Waals surface area contributed by atoms with Crippen LogP contribution in [0.1, 0.15) is 95.6 Å². The lowest BCUT2D eigenvalue weighted by atomic mass is 10.1. The van der Waals surface area contributed by atoms with Crippen molar-refractivity contribution in [1.29, 1.82) is 0 Å². The van der Waals surface area contributed by atoms with Crippen LogP contribution in [0, 0.1) is 0 Å². The number of unbranched alkanes of at least 4 members (excludes halogenated alkanes) is 9. The summed E-state index contributed by atoms with van der Waals surface area (Å²) in [5.41, 5.74) is 1.48. The van der Waals surface area contributed by atoms with Gasteiger partial charge >= 0.3 is 5.97 Å². The fraction of sp³-hybridized carbons (Fsp3) is 0.750. The van der Waals surface area contributed by atoms with E-state index in [2.05, 4.69) is 41.0 Å². The standard InChI is InChI=1S/C24H41N2O2.BrH/c1-22(27)28-20-12-10-8-6-4-3-5-7-9-11-18-26-19-13-15-23(21-26)24-16-14-17-25(24)2;/h13,15,19,21,24H,3-12,14,16-18,20H2,1-2H3;1H/q+1;/p-1. The Hall–Kier alpha value is -0.940. The highest BCUT2D eigenvalue weighted by atomic mass is 79.9. The first-order valence-corrected chi connectivity index (χ1v) is 11.5. The van der Waals surface area contributed by atoms with Crippen molar-refractivity contribution in [3.8, 4) is 0 Å². The minimum absolute atomic E-state index is 0. The van der Waals surface area contributed by atoms with Gasteiger partial charge < -0.3 is 21.7 Å². The van der Waals surface area contributed by atoms with Gasteiger partial charge in [0, 0.05) is 31.0 Å². The average molecular weight is 470 g/mol. The summed E-state index contributed by atoms with van der Waals surface area (Å²) in [4.78, 5) is 13.1. The number of hydrogen-bond donors (Lipinski definition) is 0.